The Labute approximate surface area is 110 Å². The first-order valence-corrected chi connectivity index (χ1v) is 6.40. The summed E-state index contributed by atoms with van der Waals surface area (Å²) < 4.78 is 2.98. The standard InChI is InChI=1S/C13H16BrN3/c1-15-13(12-7-8-17(2)16-12)9-10-5-3-4-6-11(10)14/h3-8,13,15H,9H2,1-2H3. The average molecular weight is 294 g/mol. The van der Waals surface area contributed by atoms with Gasteiger partial charge in [0.2, 0.25) is 0 Å². The first kappa shape index (κ1) is 12.3. The summed E-state index contributed by atoms with van der Waals surface area (Å²) >= 11 is 3.58. The molecule has 0 saturated heterocycles. The van der Waals surface area contributed by atoms with Crippen molar-refractivity contribution in [1.82, 2.24) is 15.1 Å². The zero-order chi connectivity index (χ0) is 12.3. The molecule has 0 amide bonds. The summed E-state index contributed by atoms with van der Waals surface area (Å²) in [7, 11) is 3.91. The minimum atomic E-state index is 0.245. The highest BCUT2D eigenvalue weighted by Gasteiger charge is 2.13. The molecule has 0 aliphatic carbocycles. The number of nitrogens with zero attached hydrogens (tertiary/aromatic N) is 2. The van der Waals surface area contributed by atoms with E-state index in [1.54, 1.807) is 0 Å². The van der Waals surface area contributed by atoms with Gasteiger partial charge in [-0.15, -0.1) is 0 Å². The predicted molar refractivity (Wildman–Crippen MR) is 72.9 cm³/mol. The third-order valence-corrected chi connectivity index (χ3v) is 3.60. The normalized spacial score (nSPS) is 12.6. The molecule has 90 valence electrons. The predicted octanol–water partition coefficient (Wildman–Crippen LogP) is 2.69. The van der Waals surface area contributed by atoms with Gasteiger partial charge in [-0.3, -0.25) is 4.68 Å². The smallest absolute Gasteiger partial charge is 0.0797 e. The van der Waals surface area contributed by atoms with Gasteiger partial charge in [-0.2, -0.15) is 5.10 Å². The molecule has 1 heterocycles. The van der Waals surface area contributed by atoms with Crippen molar-refractivity contribution >= 4 is 15.9 Å². The maximum atomic E-state index is 4.45. The van der Waals surface area contributed by atoms with E-state index >= 15 is 0 Å². The van der Waals surface area contributed by atoms with Gasteiger partial charge in [-0.25, -0.2) is 0 Å². The van der Waals surface area contributed by atoms with Crippen LogP contribution in [-0.2, 0) is 13.5 Å². The Kier molecular flexibility index (Phi) is 3.97. The maximum absolute atomic E-state index is 4.45. The molecule has 2 aromatic rings. The summed E-state index contributed by atoms with van der Waals surface area (Å²) in [5.41, 5.74) is 2.36. The van der Waals surface area contributed by atoms with Gasteiger partial charge in [0.15, 0.2) is 0 Å². The molecule has 1 aromatic heterocycles. The molecule has 0 aliphatic rings. The number of nitrogens with one attached hydrogen (secondary N) is 1. The molecule has 1 atom stereocenters. The zero-order valence-corrected chi connectivity index (χ0v) is 11.6. The van der Waals surface area contributed by atoms with Crippen LogP contribution in [0, 0.1) is 0 Å². The van der Waals surface area contributed by atoms with Gasteiger partial charge in [0.05, 0.1) is 11.7 Å². The molecular formula is C13H16BrN3. The van der Waals surface area contributed by atoms with E-state index in [9.17, 15) is 0 Å². The van der Waals surface area contributed by atoms with Crippen LogP contribution in [-0.4, -0.2) is 16.8 Å². The highest BCUT2D eigenvalue weighted by Crippen LogP contribution is 2.22. The number of likely N-dealkylation sites (N-methyl/N-ethyl adjacent to an activating group) is 1. The van der Waals surface area contributed by atoms with Crippen molar-refractivity contribution in [2.24, 2.45) is 7.05 Å². The average Bonchev–Trinajstić information content (AvgIpc) is 2.75. The second-order valence-corrected chi connectivity index (χ2v) is 4.91. The Morgan fingerprint density at radius 1 is 1.35 bits per heavy atom. The van der Waals surface area contributed by atoms with Gasteiger partial charge in [0.25, 0.3) is 0 Å². The third-order valence-electron chi connectivity index (χ3n) is 2.82. The number of hydrogen-bond acceptors (Lipinski definition) is 2. The summed E-state index contributed by atoms with van der Waals surface area (Å²) in [6.07, 6.45) is 2.90. The van der Waals surface area contributed by atoms with Crippen molar-refractivity contribution in [2.45, 2.75) is 12.5 Å². The van der Waals surface area contributed by atoms with Crippen LogP contribution in [0.25, 0.3) is 0 Å². The van der Waals surface area contributed by atoms with Gasteiger partial charge in [-0.1, -0.05) is 34.1 Å². The van der Waals surface area contributed by atoms with E-state index in [2.05, 4.69) is 50.6 Å². The Hall–Kier alpha value is -1.13. The minimum Gasteiger partial charge on any atom is -0.311 e. The third kappa shape index (κ3) is 2.96. The fourth-order valence-corrected chi connectivity index (χ4v) is 2.30. The first-order chi connectivity index (χ1) is 8.20. The highest BCUT2D eigenvalue weighted by atomic mass is 79.9. The molecule has 0 fully saturated rings. The lowest BCUT2D eigenvalue weighted by Gasteiger charge is -2.14. The van der Waals surface area contributed by atoms with Gasteiger partial charge in [-0.05, 0) is 31.2 Å². The van der Waals surface area contributed by atoms with Crippen LogP contribution in [0.4, 0.5) is 0 Å². The molecule has 0 saturated carbocycles. The van der Waals surface area contributed by atoms with Crippen molar-refractivity contribution in [2.75, 3.05) is 7.05 Å². The largest absolute Gasteiger partial charge is 0.311 e. The van der Waals surface area contributed by atoms with Crippen LogP contribution in [0.5, 0.6) is 0 Å². The van der Waals surface area contributed by atoms with Gasteiger partial charge in [0.1, 0.15) is 0 Å². The molecule has 0 aliphatic heterocycles. The van der Waals surface area contributed by atoms with Crippen molar-refractivity contribution in [1.29, 1.82) is 0 Å². The highest BCUT2D eigenvalue weighted by molar-refractivity contribution is 9.10. The van der Waals surface area contributed by atoms with E-state index in [1.807, 2.05) is 31.0 Å². The molecule has 1 aromatic carbocycles. The van der Waals surface area contributed by atoms with Crippen LogP contribution in [0.1, 0.15) is 17.3 Å². The Morgan fingerprint density at radius 3 is 2.71 bits per heavy atom. The van der Waals surface area contributed by atoms with E-state index in [1.165, 1.54) is 5.56 Å². The molecule has 0 radical (unpaired) electrons. The van der Waals surface area contributed by atoms with Crippen molar-refractivity contribution in [3.05, 3.63) is 52.3 Å². The van der Waals surface area contributed by atoms with Gasteiger partial charge in [0, 0.05) is 17.7 Å². The summed E-state index contributed by atoms with van der Waals surface area (Å²) in [5, 5.41) is 7.76. The Bertz CT molecular complexity index is 493. The lowest BCUT2D eigenvalue weighted by molar-refractivity contribution is 0.562. The molecule has 1 N–H and O–H groups in total. The molecule has 0 bridgehead atoms. The fraction of sp³-hybridized carbons (Fsp3) is 0.308. The maximum Gasteiger partial charge on any atom is 0.0797 e. The molecule has 1 unspecified atom stereocenters. The van der Waals surface area contributed by atoms with Crippen LogP contribution in [0.2, 0.25) is 0 Å². The molecule has 2 rings (SSSR count). The minimum absolute atomic E-state index is 0.245. The lowest BCUT2D eigenvalue weighted by Crippen LogP contribution is -2.19. The van der Waals surface area contributed by atoms with Crippen molar-refractivity contribution in [3.8, 4) is 0 Å². The van der Waals surface area contributed by atoms with Crippen molar-refractivity contribution in [3.63, 3.8) is 0 Å². The summed E-state index contributed by atoms with van der Waals surface area (Å²) in [6.45, 7) is 0. The van der Waals surface area contributed by atoms with Crippen LogP contribution in [0.15, 0.2) is 41.0 Å². The number of aryl methyl sites for hydroxylation is 1. The molecule has 4 heteroatoms. The molecule has 17 heavy (non-hydrogen) atoms. The van der Waals surface area contributed by atoms with Gasteiger partial charge < -0.3 is 5.32 Å². The van der Waals surface area contributed by atoms with E-state index in [4.69, 9.17) is 0 Å². The Balaban J connectivity index is 2.18. The SMILES string of the molecule is CNC(Cc1ccccc1Br)c1ccn(C)n1. The summed E-state index contributed by atoms with van der Waals surface area (Å²) in [4.78, 5) is 0. The molecule has 0 spiro atoms. The second kappa shape index (κ2) is 5.47. The van der Waals surface area contributed by atoms with E-state index < -0.39 is 0 Å². The fourth-order valence-electron chi connectivity index (χ4n) is 1.86. The van der Waals surface area contributed by atoms with E-state index in [-0.39, 0.29) is 6.04 Å². The molecule has 3 nitrogen and oxygen atoms in total. The van der Waals surface area contributed by atoms with Crippen LogP contribution >= 0.6 is 15.9 Å². The van der Waals surface area contributed by atoms with E-state index in [0.717, 1.165) is 16.6 Å². The number of hydrogen-bond donors (Lipinski definition) is 1. The Morgan fingerprint density at radius 2 is 2.12 bits per heavy atom. The zero-order valence-electron chi connectivity index (χ0n) is 10.0. The number of aromatic nitrogens is 2. The van der Waals surface area contributed by atoms with E-state index in [0.29, 0.717) is 0 Å². The first-order valence-electron chi connectivity index (χ1n) is 5.61. The lowest BCUT2D eigenvalue weighted by atomic mass is 10.0. The summed E-state index contributed by atoms with van der Waals surface area (Å²) in [6, 6.07) is 10.6. The topological polar surface area (TPSA) is 29.9 Å². The summed E-state index contributed by atoms with van der Waals surface area (Å²) in [5.74, 6) is 0. The number of benzene rings is 1. The van der Waals surface area contributed by atoms with Gasteiger partial charge >= 0.3 is 0 Å². The number of halogens is 1. The monoisotopic (exact) mass is 293 g/mol. The quantitative estimate of drug-likeness (QED) is 0.939. The second-order valence-electron chi connectivity index (χ2n) is 4.05. The van der Waals surface area contributed by atoms with Crippen LogP contribution < -0.4 is 5.32 Å². The van der Waals surface area contributed by atoms with Crippen LogP contribution in [0.3, 0.4) is 0 Å². The number of rotatable bonds is 4. The molecular weight excluding hydrogens is 278 g/mol. The van der Waals surface area contributed by atoms with Crippen molar-refractivity contribution < 1.29 is 0 Å².